The molecule has 0 unspecified atom stereocenters. The van der Waals surface area contributed by atoms with Gasteiger partial charge in [0.15, 0.2) is 0 Å². The first kappa shape index (κ1) is 7.85. The minimum absolute atomic E-state index is 0.129. The number of nitro benzene ring substituents is 1. The second-order valence-corrected chi connectivity index (χ2v) is 2.81. The molecular formula is C8H9N3O2. The molecule has 68 valence electrons. The van der Waals surface area contributed by atoms with Crippen LogP contribution in [0.15, 0.2) is 18.2 Å². The van der Waals surface area contributed by atoms with Gasteiger partial charge in [-0.25, -0.2) is 0 Å². The minimum Gasteiger partial charge on any atom is -0.381 e. The summed E-state index contributed by atoms with van der Waals surface area (Å²) >= 11 is 0. The van der Waals surface area contributed by atoms with E-state index >= 15 is 0 Å². The van der Waals surface area contributed by atoms with E-state index < -0.39 is 0 Å². The highest BCUT2D eigenvalue weighted by Gasteiger charge is 2.18. The van der Waals surface area contributed by atoms with Crippen molar-refractivity contribution in [2.75, 3.05) is 23.7 Å². The molecule has 0 saturated heterocycles. The molecule has 1 aromatic rings. The predicted octanol–water partition coefficient (Wildman–Crippen LogP) is 1.43. The Hall–Kier alpha value is -1.78. The van der Waals surface area contributed by atoms with E-state index in [-0.39, 0.29) is 10.6 Å². The summed E-state index contributed by atoms with van der Waals surface area (Å²) in [7, 11) is 0. The third-order valence-electron chi connectivity index (χ3n) is 1.98. The molecule has 0 radical (unpaired) electrons. The maximum absolute atomic E-state index is 10.6. The number of nitrogens with one attached hydrogen (secondary N) is 2. The van der Waals surface area contributed by atoms with E-state index in [2.05, 4.69) is 10.6 Å². The molecular weight excluding hydrogens is 170 g/mol. The van der Waals surface area contributed by atoms with Gasteiger partial charge in [-0.1, -0.05) is 6.07 Å². The highest BCUT2D eigenvalue weighted by molar-refractivity contribution is 5.79. The minimum atomic E-state index is -0.376. The van der Waals surface area contributed by atoms with Crippen molar-refractivity contribution in [3.63, 3.8) is 0 Å². The molecule has 0 bridgehead atoms. The number of para-hydroxylation sites is 1. The van der Waals surface area contributed by atoms with Crippen molar-refractivity contribution >= 4 is 17.1 Å². The van der Waals surface area contributed by atoms with Gasteiger partial charge in [0.2, 0.25) is 0 Å². The van der Waals surface area contributed by atoms with E-state index in [1.54, 1.807) is 6.07 Å². The van der Waals surface area contributed by atoms with Gasteiger partial charge in [0, 0.05) is 19.2 Å². The molecule has 0 aromatic heterocycles. The molecule has 0 atom stereocenters. The summed E-state index contributed by atoms with van der Waals surface area (Å²) in [5, 5.41) is 16.7. The second kappa shape index (κ2) is 2.93. The molecule has 0 amide bonds. The van der Waals surface area contributed by atoms with Gasteiger partial charge in [-0.05, 0) is 6.07 Å². The number of hydrogen-bond acceptors (Lipinski definition) is 4. The Morgan fingerprint density at radius 1 is 1.31 bits per heavy atom. The van der Waals surface area contributed by atoms with Gasteiger partial charge in [0.1, 0.15) is 5.69 Å². The Labute approximate surface area is 74.9 Å². The normalized spacial score (nSPS) is 13.8. The highest BCUT2D eigenvalue weighted by atomic mass is 16.6. The fourth-order valence-corrected chi connectivity index (χ4v) is 1.41. The first-order chi connectivity index (χ1) is 6.29. The third kappa shape index (κ3) is 1.28. The van der Waals surface area contributed by atoms with Gasteiger partial charge in [0.25, 0.3) is 5.69 Å². The van der Waals surface area contributed by atoms with E-state index in [0.717, 1.165) is 18.8 Å². The van der Waals surface area contributed by atoms with E-state index in [0.29, 0.717) is 5.69 Å². The Bertz CT molecular complexity index is 351. The van der Waals surface area contributed by atoms with Crippen LogP contribution < -0.4 is 10.6 Å². The molecule has 5 heteroatoms. The number of nitro groups is 1. The van der Waals surface area contributed by atoms with E-state index in [4.69, 9.17) is 0 Å². The Balaban J connectivity index is 2.52. The van der Waals surface area contributed by atoms with Crippen molar-refractivity contribution in [2.24, 2.45) is 0 Å². The number of benzene rings is 1. The number of rotatable bonds is 1. The van der Waals surface area contributed by atoms with E-state index in [9.17, 15) is 10.1 Å². The number of anilines is 2. The topological polar surface area (TPSA) is 67.2 Å². The summed E-state index contributed by atoms with van der Waals surface area (Å²) < 4.78 is 0. The SMILES string of the molecule is O=[N+]([O-])c1cccc2c1NCCN2. The summed E-state index contributed by atoms with van der Waals surface area (Å²) in [5.41, 5.74) is 1.53. The molecule has 2 N–H and O–H groups in total. The lowest BCUT2D eigenvalue weighted by atomic mass is 10.2. The predicted molar refractivity (Wildman–Crippen MR) is 50.1 cm³/mol. The van der Waals surface area contributed by atoms with Crippen LogP contribution in [0.5, 0.6) is 0 Å². The van der Waals surface area contributed by atoms with Crippen LogP contribution in [0.4, 0.5) is 17.1 Å². The van der Waals surface area contributed by atoms with Crippen LogP contribution >= 0.6 is 0 Å². The fourth-order valence-electron chi connectivity index (χ4n) is 1.41. The zero-order valence-electron chi connectivity index (χ0n) is 6.91. The molecule has 0 spiro atoms. The number of nitrogens with zero attached hydrogens (tertiary/aromatic N) is 1. The number of hydrogen-bond donors (Lipinski definition) is 2. The summed E-state index contributed by atoms with van der Waals surface area (Å²) in [6, 6.07) is 5.00. The summed E-state index contributed by atoms with van der Waals surface area (Å²) in [6.45, 7) is 1.52. The molecule has 1 aliphatic rings. The summed E-state index contributed by atoms with van der Waals surface area (Å²) in [6.07, 6.45) is 0. The number of fused-ring (bicyclic) bond motifs is 1. The van der Waals surface area contributed by atoms with E-state index in [1.165, 1.54) is 6.07 Å². The Morgan fingerprint density at radius 3 is 2.85 bits per heavy atom. The van der Waals surface area contributed by atoms with Crippen LogP contribution in [0.2, 0.25) is 0 Å². The van der Waals surface area contributed by atoms with Crippen LogP contribution in [-0.2, 0) is 0 Å². The van der Waals surface area contributed by atoms with Gasteiger partial charge < -0.3 is 10.6 Å². The van der Waals surface area contributed by atoms with Crippen molar-refractivity contribution in [1.82, 2.24) is 0 Å². The van der Waals surface area contributed by atoms with Gasteiger partial charge in [-0.3, -0.25) is 10.1 Å². The van der Waals surface area contributed by atoms with Crippen molar-refractivity contribution < 1.29 is 4.92 Å². The maximum Gasteiger partial charge on any atom is 0.294 e. The lowest BCUT2D eigenvalue weighted by molar-refractivity contribution is -0.383. The van der Waals surface area contributed by atoms with Crippen LogP contribution in [0.3, 0.4) is 0 Å². The van der Waals surface area contributed by atoms with Gasteiger partial charge in [-0.15, -0.1) is 0 Å². The molecule has 1 aliphatic heterocycles. The Morgan fingerprint density at radius 2 is 2.08 bits per heavy atom. The standard InChI is InChI=1S/C8H9N3O2/c12-11(13)7-3-1-2-6-8(7)10-5-4-9-6/h1-3,9-10H,4-5H2. The highest BCUT2D eigenvalue weighted by Crippen LogP contribution is 2.33. The first-order valence-electron chi connectivity index (χ1n) is 4.04. The second-order valence-electron chi connectivity index (χ2n) is 2.81. The zero-order chi connectivity index (χ0) is 9.26. The van der Waals surface area contributed by atoms with Crippen molar-refractivity contribution in [1.29, 1.82) is 0 Å². The van der Waals surface area contributed by atoms with Crippen molar-refractivity contribution in [2.45, 2.75) is 0 Å². The maximum atomic E-state index is 10.6. The monoisotopic (exact) mass is 179 g/mol. The lowest BCUT2D eigenvalue weighted by Crippen LogP contribution is -2.21. The van der Waals surface area contributed by atoms with Gasteiger partial charge in [-0.2, -0.15) is 0 Å². The quantitative estimate of drug-likeness (QED) is 0.505. The van der Waals surface area contributed by atoms with Crippen LogP contribution in [0.25, 0.3) is 0 Å². The van der Waals surface area contributed by atoms with Crippen molar-refractivity contribution in [3.8, 4) is 0 Å². The molecule has 1 heterocycles. The average Bonchev–Trinajstić information content (AvgIpc) is 2.17. The zero-order valence-corrected chi connectivity index (χ0v) is 6.91. The third-order valence-corrected chi connectivity index (χ3v) is 1.98. The Kier molecular flexibility index (Phi) is 1.77. The summed E-state index contributed by atoms with van der Waals surface area (Å²) in [4.78, 5) is 10.2. The van der Waals surface area contributed by atoms with Gasteiger partial charge in [0.05, 0.1) is 10.6 Å². The van der Waals surface area contributed by atoms with Crippen LogP contribution in [0.1, 0.15) is 0 Å². The smallest absolute Gasteiger partial charge is 0.294 e. The molecule has 13 heavy (non-hydrogen) atoms. The van der Waals surface area contributed by atoms with Crippen molar-refractivity contribution in [3.05, 3.63) is 28.3 Å². The van der Waals surface area contributed by atoms with Crippen LogP contribution in [0, 0.1) is 10.1 Å². The lowest BCUT2D eigenvalue weighted by Gasteiger charge is -2.18. The molecule has 0 fully saturated rings. The van der Waals surface area contributed by atoms with Crippen LogP contribution in [-0.4, -0.2) is 18.0 Å². The largest absolute Gasteiger partial charge is 0.381 e. The molecule has 2 rings (SSSR count). The average molecular weight is 179 g/mol. The molecule has 0 saturated carbocycles. The molecule has 5 nitrogen and oxygen atoms in total. The molecule has 1 aromatic carbocycles. The van der Waals surface area contributed by atoms with Gasteiger partial charge >= 0.3 is 0 Å². The molecule has 0 aliphatic carbocycles. The van der Waals surface area contributed by atoms with E-state index in [1.807, 2.05) is 6.07 Å². The fraction of sp³-hybridized carbons (Fsp3) is 0.250. The first-order valence-corrected chi connectivity index (χ1v) is 4.04. The summed E-state index contributed by atoms with van der Waals surface area (Å²) in [5.74, 6) is 0.